The van der Waals surface area contributed by atoms with Crippen LogP contribution in [0.15, 0.2) is 11.9 Å². The summed E-state index contributed by atoms with van der Waals surface area (Å²) in [6.07, 6.45) is 7.17. The van der Waals surface area contributed by atoms with Crippen LogP contribution in [0, 0.1) is 0 Å². The lowest BCUT2D eigenvalue weighted by molar-refractivity contribution is 0.0983. The summed E-state index contributed by atoms with van der Waals surface area (Å²) in [6.45, 7) is 2.75. The Labute approximate surface area is 95.3 Å². The maximum absolute atomic E-state index is 11.1. The molecule has 0 N–H and O–H groups in total. The van der Waals surface area contributed by atoms with Crippen molar-refractivity contribution in [3.05, 3.63) is 11.9 Å². The van der Waals surface area contributed by atoms with Crippen LogP contribution >= 0.6 is 7.82 Å². The van der Waals surface area contributed by atoms with E-state index >= 15 is 0 Å². The SMILES string of the molecule is CCCCCCCCOC1=C2OP(=O)(O1)O2. The van der Waals surface area contributed by atoms with Crippen molar-refractivity contribution in [1.29, 1.82) is 0 Å². The molecule has 2 bridgehead atoms. The molecule has 0 aromatic heterocycles. The van der Waals surface area contributed by atoms with Crippen LogP contribution in [0.4, 0.5) is 0 Å². The summed E-state index contributed by atoms with van der Waals surface area (Å²) in [5, 5.41) is 0. The lowest BCUT2D eigenvalue weighted by Gasteiger charge is -2.14. The standard InChI is InChI=1S/C10H17O5P/c1-2-3-4-5-6-7-8-12-9-10-14-16(11,13-9)15-10/h2-8H2,1H3. The first-order valence-electron chi connectivity index (χ1n) is 5.79. The fourth-order valence-corrected chi connectivity index (χ4v) is 2.57. The van der Waals surface area contributed by atoms with Crippen molar-refractivity contribution in [2.24, 2.45) is 0 Å². The molecule has 3 aliphatic heterocycles. The average Bonchev–Trinajstić information content (AvgIpc) is 2.69. The first-order chi connectivity index (χ1) is 7.73. The van der Waals surface area contributed by atoms with Crippen molar-refractivity contribution >= 4 is 7.82 Å². The minimum Gasteiger partial charge on any atom is -0.460 e. The number of hydrogen-bond acceptors (Lipinski definition) is 5. The van der Waals surface area contributed by atoms with Crippen molar-refractivity contribution in [2.45, 2.75) is 45.4 Å². The third-order valence-electron chi connectivity index (χ3n) is 2.48. The molecular weight excluding hydrogens is 231 g/mol. The molecule has 0 spiro atoms. The summed E-state index contributed by atoms with van der Waals surface area (Å²) in [6, 6.07) is 0. The second-order valence-electron chi connectivity index (χ2n) is 3.91. The molecule has 0 unspecified atom stereocenters. The van der Waals surface area contributed by atoms with E-state index in [0.717, 1.165) is 12.8 Å². The molecule has 16 heavy (non-hydrogen) atoms. The van der Waals surface area contributed by atoms with Crippen LogP contribution in [0.2, 0.25) is 0 Å². The Kier molecular flexibility index (Phi) is 3.64. The summed E-state index contributed by atoms with van der Waals surface area (Å²) in [4.78, 5) is 0. The molecule has 0 atom stereocenters. The van der Waals surface area contributed by atoms with Gasteiger partial charge >= 0.3 is 19.7 Å². The summed E-state index contributed by atoms with van der Waals surface area (Å²) in [5.74, 6) is 0.284. The van der Waals surface area contributed by atoms with E-state index in [9.17, 15) is 4.57 Å². The van der Waals surface area contributed by atoms with Gasteiger partial charge in [-0.15, -0.1) is 0 Å². The third kappa shape index (κ3) is 2.64. The van der Waals surface area contributed by atoms with Gasteiger partial charge in [-0.1, -0.05) is 39.0 Å². The molecular formula is C10H17O5P. The number of unbranched alkanes of at least 4 members (excludes halogenated alkanes) is 5. The van der Waals surface area contributed by atoms with Crippen LogP contribution in [0.3, 0.4) is 0 Å². The van der Waals surface area contributed by atoms with Crippen LogP contribution in [-0.4, -0.2) is 6.61 Å². The molecule has 0 radical (unpaired) electrons. The van der Waals surface area contributed by atoms with Gasteiger partial charge in [-0.25, -0.2) is 0 Å². The maximum Gasteiger partial charge on any atom is 0.654 e. The van der Waals surface area contributed by atoms with Crippen LogP contribution in [-0.2, 0) is 22.9 Å². The maximum atomic E-state index is 11.1. The van der Waals surface area contributed by atoms with Gasteiger partial charge < -0.3 is 18.3 Å². The largest absolute Gasteiger partial charge is 0.654 e. The van der Waals surface area contributed by atoms with Gasteiger partial charge in [-0.05, 0) is 6.42 Å². The highest BCUT2D eigenvalue weighted by Crippen LogP contribution is 2.70. The van der Waals surface area contributed by atoms with Gasteiger partial charge in [-0.2, -0.15) is 4.57 Å². The molecule has 1 saturated heterocycles. The van der Waals surface area contributed by atoms with E-state index in [1.165, 1.54) is 25.7 Å². The number of phosphoric ester groups is 1. The molecule has 0 aliphatic carbocycles. The first kappa shape index (κ1) is 11.6. The van der Waals surface area contributed by atoms with Crippen molar-refractivity contribution in [2.75, 3.05) is 6.61 Å². The van der Waals surface area contributed by atoms with E-state index < -0.39 is 7.82 Å². The molecule has 3 rings (SSSR count). The molecule has 6 heteroatoms. The van der Waals surface area contributed by atoms with E-state index in [1.807, 2.05) is 0 Å². The fourth-order valence-electron chi connectivity index (χ4n) is 1.59. The Morgan fingerprint density at radius 3 is 2.38 bits per heavy atom. The van der Waals surface area contributed by atoms with Crippen LogP contribution in [0.5, 0.6) is 0 Å². The number of hydrogen-bond donors (Lipinski definition) is 0. The summed E-state index contributed by atoms with van der Waals surface area (Å²) in [5.41, 5.74) is 0. The molecule has 3 heterocycles. The van der Waals surface area contributed by atoms with Gasteiger partial charge in [0.05, 0.1) is 6.61 Å². The average molecular weight is 248 g/mol. The number of rotatable bonds is 8. The summed E-state index contributed by atoms with van der Waals surface area (Å²) >= 11 is 0. The Morgan fingerprint density at radius 1 is 1.06 bits per heavy atom. The van der Waals surface area contributed by atoms with Gasteiger partial charge in [0.25, 0.3) is 0 Å². The lowest BCUT2D eigenvalue weighted by atomic mass is 10.1. The lowest BCUT2D eigenvalue weighted by Crippen LogP contribution is -2.00. The number of fused-ring (bicyclic) bond motifs is 1. The zero-order valence-electron chi connectivity index (χ0n) is 9.44. The van der Waals surface area contributed by atoms with E-state index in [1.54, 1.807) is 0 Å². The van der Waals surface area contributed by atoms with Crippen LogP contribution in [0.1, 0.15) is 45.4 Å². The Morgan fingerprint density at radius 2 is 1.75 bits per heavy atom. The second-order valence-corrected chi connectivity index (χ2v) is 5.35. The summed E-state index contributed by atoms with van der Waals surface area (Å²) < 4.78 is 30.7. The van der Waals surface area contributed by atoms with Gasteiger partial charge in [0.15, 0.2) is 0 Å². The normalized spacial score (nSPS) is 19.6. The molecule has 1 fully saturated rings. The Hall–Kier alpha value is -0.830. The van der Waals surface area contributed by atoms with Gasteiger partial charge in [0.1, 0.15) is 0 Å². The third-order valence-corrected chi connectivity index (χ3v) is 3.65. The molecule has 5 nitrogen and oxygen atoms in total. The minimum atomic E-state index is -3.23. The molecule has 92 valence electrons. The molecule has 0 aromatic rings. The quantitative estimate of drug-likeness (QED) is 0.484. The summed E-state index contributed by atoms with van der Waals surface area (Å²) in [7, 11) is -3.23. The van der Waals surface area contributed by atoms with E-state index in [4.69, 9.17) is 18.3 Å². The van der Waals surface area contributed by atoms with Crippen molar-refractivity contribution in [3.63, 3.8) is 0 Å². The Balaban J connectivity index is 1.50. The van der Waals surface area contributed by atoms with Crippen LogP contribution < -0.4 is 0 Å². The highest BCUT2D eigenvalue weighted by atomic mass is 31.2. The van der Waals surface area contributed by atoms with E-state index in [0.29, 0.717) is 6.61 Å². The Bertz CT molecular complexity index is 313. The predicted octanol–water partition coefficient (Wildman–Crippen LogP) is 3.68. The smallest absolute Gasteiger partial charge is 0.460 e. The van der Waals surface area contributed by atoms with Gasteiger partial charge in [0.2, 0.25) is 0 Å². The van der Waals surface area contributed by atoms with Gasteiger partial charge in [0, 0.05) is 0 Å². The predicted molar refractivity (Wildman–Crippen MR) is 57.2 cm³/mol. The number of ether oxygens (including phenoxy) is 1. The zero-order valence-corrected chi connectivity index (χ0v) is 10.3. The molecule has 0 saturated carbocycles. The molecule has 0 aromatic carbocycles. The zero-order chi connectivity index (χ0) is 11.4. The van der Waals surface area contributed by atoms with Crippen molar-refractivity contribution in [1.82, 2.24) is 0 Å². The van der Waals surface area contributed by atoms with E-state index in [-0.39, 0.29) is 11.9 Å². The topological polar surface area (TPSA) is 54.0 Å². The fraction of sp³-hybridized carbons (Fsp3) is 0.800. The van der Waals surface area contributed by atoms with Crippen molar-refractivity contribution in [3.8, 4) is 0 Å². The molecule has 3 aliphatic rings. The minimum absolute atomic E-state index is 0.134. The highest BCUT2D eigenvalue weighted by molar-refractivity contribution is 7.50. The second kappa shape index (κ2) is 5.00. The first-order valence-corrected chi connectivity index (χ1v) is 7.25. The highest BCUT2D eigenvalue weighted by Gasteiger charge is 2.57. The monoisotopic (exact) mass is 248 g/mol. The molecule has 0 amide bonds. The van der Waals surface area contributed by atoms with Gasteiger partial charge in [-0.3, -0.25) is 0 Å². The van der Waals surface area contributed by atoms with Crippen molar-refractivity contribution < 1.29 is 22.9 Å². The van der Waals surface area contributed by atoms with E-state index in [2.05, 4.69) is 6.92 Å². The van der Waals surface area contributed by atoms with Crippen LogP contribution in [0.25, 0.3) is 0 Å². The number of phosphoric acid groups is 1.